The monoisotopic (exact) mass is 310 g/mol. The standard InChI is InChI=1S/C16H26N2O4/c1-13(2)22-10-9-21-12-14-5-4-6-15(11-14)18-16(19)17-7-8-20-3/h4-6,11,13H,7-10,12H2,1-3H3,(H2,17,18,19). The van der Waals surface area contributed by atoms with Gasteiger partial charge in [-0.25, -0.2) is 4.79 Å². The minimum atomic E-state index is -0.250. The molecule has 0 saturated heterocycles. The molecule has 0 aromatic heterocycles. The fraction of sp³-hybridized carbons (Fsp3) is 0.562. The molecule has 0 spiro atoms. The zero-order valence-electron chi connectivity index (χ0n) is 13.6. The number of carbonyl (C=O) groups is 1. The lowest BCUT2D eigenvalue weighted by molar-refractivity contribution is 0.0143. The molecule has 0 bridgehead atoms. The van der Waals surface area contributed by atoms with Crippen molar-refractivity contribution in [3.05, 3.63) is 29.8 Å². The summed E-state index contributed by atoms with van der Waals surface area (Å²) in [5, 5.41) is 5.47. The molecule has 0 saturated carbocycles. The van der Waals surface area contributed by atoms with E-state index in [4.69, 9.17) is 14.2 Å². The normalized spacial score (nSPS) is 10.7. The van der Waals surface area contributed by atoms with Gasteiger partial charge in [-0.1, -0.05) is 12.1 Å². The molecule has 0 radical (unpaired) electrons. The number of carbonyl (C=O) groups excluding carboxylic acids is 1. The lowest BCUT2D eigenvalue weighted by Gasteiger charge is -2.10. The molecule has 0 aliphatic carbocycles. The molecule has 1 aromatic carbocycles. The Bertz CT molecular complexity index is 438. The predicted molar refractivity (Wildman–Crippen MR) is 86.1 cm³/mol. The molecule has 1 aromatic rings. The molecule has 0 atom stereocenters. The van der Waals surface area contributed by atoms with Crippen molar-refractivity contribution >= 4 is 11.7 Å². The molecular formula is C16H26N2O4. The van der Waals surface area contributed by atoms with E-state index in [0.29, 0.717) is 33.0 Å². The molecule has 2 N–H and O–H groups in total. The van der Waals surface area contributed by atoms with Crippen molar-refractivity contribution in [1.82, 2.24) is 5.32 Å². The zero-order valence-corrected chi connectivity index (χ0v) is 13.6. The van der Waals surface area contributed by atoms with Crippen LogP contribution in [-0.2, 0) is 20.8 Å². The van der Waals surface area contributed by atoms with E-state index in [0.717, 1.165) is 11.3 Å². The summed E-state index contributed by atoms with van der Waals surface area (Å²) < 4.78 is 15.8. The highest BCUT2D eigenvalue weighted by Crippen LogP contribution is 2.11. The maximum Gasteiger partial charge on any atom is 0.319 e. The van der Waals surface area contributed by atoms with Crippen LogP contribution < -0.4 is 10.6 Å². The Hall–Kier alpha value is -1.63. The number of hydrogen-bond donors (Lipinski definition) is 2. The van der Waals surface area contributed by atoms with Gasteiger partial charge in [0.2, 0.25) is 0 Å². The van der Waals surface area contributed by atoms with E-state index in [1.54, 1.807) is 7.11 Å². The van der Waals surface area contributed by atoms with Crippen LogP contribution >= 0.6 is 0 Å². The van der Waals surface area contributed by atoms with E-state index >= 15 is 0 Å². The Morgan fingerprint density at radius 3 is 2.77 bits per heavy atom. The summed E-state index contributed by atoms with van der Waals surface area (Å²) in [5.74, 6) is 0. The van der Waals surface area contributed by atoms with Crippen LogP contribution in [0.25, 0.3) is 0 Å². The number of ether oxygens (including phenoxy) is 3. The summed E-state index contributed by atoms with van der Waals surface area (Å²) in [6.45, 7) is 6.56. The number of anilines is 1. The first kappa shape index (κ1) is 18.4. The molecule has 124 valence electrons. The van der Waals surface area contributed by atoms with Gasteiger partial charge in [-0.3, -0.25) is 0 Å². The van der Waals surface area contributed by atoms with Gasteiger partial charge in [-0.05, 0) is 31.5 Å². The van der Waals surface area contributed by atoms with Crippen LogP contribution in [0, 0.1) is 0 Å². The van der Waals surface area contributed by atoms with Crippen molar-refractivity contribution in [2.24, 2.45) is 0 Å². The summed E-state index contributed by atoms with van der Waals surface area (Å²) in [6.07, 6.45) is 0.216. The van der Waals surface area contributed by atoms with Gasteiger partial charge >= 0.3 is 6.03 Å². The highest BCUT2D eigenvalue weighted by atomic mass is 16.5. The molecule has 2 amide bonds. The third-order valence-electron chi connectivity index (χ3n) is 2.72. The molecule has 0 fully saturated rings. The van der Waals surface area contributed by atoms with Gasteiger partial charge in [0.15, 0.2) is 0 Å². The van der Waals surface area contributed by atoms with Crippen LogP contribution in [0.1, 0.15) is 19.4 Å². The van der Waals surface area contributed by atoms with Gasteiger partial charge in [0.25, 0.3) is 0 Å². The average molecular weight is 310 g/mol. The number of benzene rings is 1. The van der Waals surface area contributed by atoms with Gasteiger partial charge in [-0.2, -0.15) is 0 Å². The number of hydrogen-bond acceptors (Lipinski definition) is 4. The fourth-order valence-corrected chi connectivity index (χ4v) is 1.71. The Labute approximate surface area is 132 Å². The van der Waals surface area contributed by atoms with Gasteiger partial charge in [0.1, 0.15) is 0 Å². The number of methoxy groups -OCH3 is 1. The lowest BCUT2D eigenvalue weighted by atomic mass is 10.2. The molecule has 22 heavy (non-hydrogen) atoms. The largest absolute Gasteiger partial charge is 0.383 e. The highest BCUT2D eigenvalue weighted by Gasteiger charge is 2.02. The average Bonchev–Trinajstić information content (AvgIpc) is 2.47. The van der Waals surface area contributed by atoms with Crippen LogP contribution in [0.2, 0.25) is 0 Å². The molecule has 0 aliphatic heterocycles. The van der Waals surface area contributed by atoms with Crippen molar-refractivity contribution < 1.29 is 19.0 Å². The lowest BCUT2D eigenvalue weighted by Crippen LogP contribution is -2.31. The smallest absolute Gasteiger partial charge is 0.319 e. The third-order valence-corrected chi connectivity index (χ3v) is 2.72. The molecule has 1 rings (SSSR count). The van der Waals surface area contributed by atoms with Crippen LogP contribution in [0.3, 0.4) is 0 Å². The van der Waals surface area contributed by atoms with Gasteiger partial charge < -0.3 is 24.8 Å². The van der Waals surface area contributed by atoms with E-state index in [1.165, 1.54) is 0 Å². The number of rotatable bonds is 10. The molecule has 0 aliphatic rings. The molecule has 6 heteroatoms. The highest BCUT2D eigenvalue weighted by molar-refractivity contribution is 5.89. The number of urea groups is 1. The maximum atomic E-state index is 11.6. The second kappa shape index (κ2) is 11.0. The van der Waals surface area contributed by atoms with Gasteiger partial charge in [0.05, 0.1) is 32.5 Å². The third kappa shape index (κ3) is 8.61. The number of amides is 2. The first-order valence-corrected chi connectivity index (χ1v) is 7.44. The van der Waals surface area contributed by atoms with Gasteiger partial charge in [-0.15, -0.1) is 0 Å². The predicted octanol–water partition coefficient (Wildman–Crippen LogP) is 2.40. The first-order chi connectivity index (χ1) is 10.6. The second-order valence-corrected chi connectivity index (χ2v) is 5.05. The van der Waals surface area contributed by atoms with E-state index in [1.807, 2.05) is 38.1 Å². The van der Waals surface area contributed by atoms with Crippen molar-refractivity contribution in [1.29, 1.82) is 0 Å². The summed E-state index contributed by atoms with van der Waals surface area (Å²) in [7, 11) is 1.59. The topological polar surface area (TPSA) is 68.8 Å². The van der Waals surface area contributed by atoms with Crippen LogP contribution in [-0.4, -0.2) is 45.6 Å². The van der Waals surface area contributed by atoms with Crippen LogP contribution in [0.15, 0.2) is 24.3 Å². The minimum Gasteiger partial charge on any atom is -0.383 e. The molecular weight excluding hydrogens is 284 g/mol. The summed E-state index contributed by atoms with van der Waals surface area (Å²) >= 11 is 0. The first-order valence-electron chi connectivity index (χ1n) is 7.44. The minimum absolute atomic E-state index is 0.216. The van der Waals surface area contributed by atoms with Crippen molar-refractivity contribution in [2.45, 2.75) is 26.6 Å². The Morgan fingerprint density at radius 2 is 2.05 bits per heavy atom. The Balaban J connectivity index is 2.31. The second-order valence-electron chi connectivity index (χ2n) is 5.05. The quantitative estimate of drug-likeness (QED) is 0.651. The van der Waals surface area contributed by atoms with E-state index in [-0.39, 0.29) is 12.1 Å². The molecule has 6 nitrogen and oxygen atoms in total. The van der Waals surface area contributed by atoms with E-state index in [2.05, 4.69) is 10.6 Å². The fourth-order valence-electron chi connectivity index (χ4n) is 1.71. The summed E-state index contributed by atoms with van der Waals surface area (Å²) in [6, 6.07) is 7.31. The zero-order chi connectivity index (χ0) is 16.2. The summed E-state index contributed by atoms with van der Waals surface area (Å²) in [5.41, 5.74) is 1.73. The molecule has 0 heterocycles. The van der Waals surface area contributed by atoms with E-state index < -0.39 is 0 Å². The van der Waals surface area contributed by atoms with Crippen molar-refractivity contribution in [2.75, 3.05) is 38.8 Å². The van der Waals surface area contributed by atoms with E-state index in [9.17, 15) is 4.79 Å². The maximum absolute atomic E-state index is 11.6. The van der Waals surface area contributed by atoms with Crippen LogP contribution in [0.5, 0.6) is 0 Å². The van der Waals surface area contributed by atoms with Gasteiger partial charge in [0, 0.05) is 19.3 Å². The van der Waals surface area contributed by atoms with Crippen LogP contribution in [0.4, 0.5) is 10.5 Å². The molecule has 0 unspecified atom stereocenters. The number of nitrogens with one attached hydrogen (secondary N) is 2. The van der Waals surface area contributed by atoms with Crippen molar-refractivity contribution in [3.8, 4) is 0 Å². The SMILES string of the molecule is COCCNC(=O)Nc1cccc(COCCOC(C)C)c1. The van der Waals surface area contributed by atoms with Crippen molar-refractivity contribution in [3.63, 3.8) is 0 Å². The Morgan fingerprint density at radius 1 is 1.23 bits per heavy atom. The Kier molecular flexibility index (Phi) is 9.21. The summed E-state index contributed by atoms with van der Waals surface area (Å²) in [4.78, 5) is 11.6.